The number of hydrogen-bond donors (Lipinski definition) is 1. The molecule has 2 nitrogen and oxygen atoms in total. The molecule has 0 aliphatic heterocycles. The predicted molar refractivity (Wildman–Crippen MR) is 67.2 cm³/mol. The molecule has 0 saturated carbocycles. The molecule has 1 aromatic rings. The molecule has 0 aliphatic rings. The summed E-state index contributed by atoms with van der Waals surface area (Å²) in [6.07, 6.45) is 0.979. The highest BCUT2D eigenvalue weighted by Crippen LogP contribution is 2.19. The van der Waals surface area contributed by atoms with E-state index in [9.17, 15) is 4.39 Å². The van der Waals surface area contributed by atoms with Gasteiger partial charge in [0.15, 0.2) is 0 Å². The summed E-state index contributed by atoms with van der Waals surface area (Å²) in [4.78, 5) is 0. The molecule has 0 amide bonds. The fourth-order valence-corrected chi connectivity index (χ4v) is 2.12. The van der Waals surface area contributed by atoms with Gasteiger partial charge < -0.3 is 10.5 Å². The fourth-order valence-electron chi connectivity index (χ4n) is 1.25. The Kier molecular flexibility index (Phi) is 5.49. The van der Waals surface area contributed by atoms with Gasteiger partial charge in [0.25, 0.3) is 0 Å². The van der Waals surface area contributed by atoms with E-state index in [1.807, 2.05) is 6.92 Å². The van der Waals surface area contributed by atoms with Crippen LogP contribution in [0.1, 0.15) is 24.9 Å². The van der Waals surface area contributed by atoms with Gasteiger partial charge >= 0.3 is 0 Å². The van der Waals surface area contributed by atoms with Crippen LogP contribution in [0.25, 0.3) is 0 Å². The molecular weight excluding hydrogens is 308 g/mol. The van der Waals surface area contributed by atoms with Crippen LogP contribution < -0.4 is 5.73 Å². The van der Waals surface area contributed by atoms with Crippen molar-refractivity contribution in [1.82, 2.24) is 0 Å². The Bertz CT molecular complexity index is 319. The molecule has 0 aliphatic carbocycles. The first-order valence-electron chi connectivity index (χ1n) is 4.93. The summed E-state index contributed by atoms with van der Waals surface area (Å²) in [6.45, 7) is 3.24. The minimum absolute atomic E-state index is 0.177. The Morgan fingerprint density at radius 3 is 2.87 bits per heavy atom. The molecule has 0 saturated heterocycles. The van der Waals surface area contributed by atoms with Gasteiger partial charge in [-0.3, -0.25) is 0 Å². The molecule has 0 heterocycles. The lowest BCUT2D eigenvalue weighted by Crippen LogP contribution is -2.18. The third kappa shape index (κ3) is 4.04. The van der Waals surface area contributed by atoms with E-state index in [0.29, 0.717) is 13.2 Å². The quantitative estimate of drug-likeness (QED) is 0.668. The zero-order valence-corrected chi connectivity index (χ0v) is 10.8. The van der Waals surface area contributed by atoms with Gasteiger partial charge in [0.05, 0.1) is 12.6 Å². The van der Waals surface area contributed by atoms with Gasteiger partial charge in [0.2, 0.25) is 0 Å². The Morgan fingerprint density at radius 1 is 1.53 bits per heavy atom. The number of hydrogen-bond acceptors (Lipinski definition) is 2. The van der Waals surface area contributed by atoms with Gasteiger partial charge in [-0.15, -0.1) is 0 Å². The molecule has 1 unspecified atom stereocenters. The number of nitrogens with two attached hydrogens (primary N) is 1. The number of benzene rings is 1. The first-order chi connectivity index (χ1) is 7.15. The zero-order valence-electron chi connectivity index (χ0n) is 8.67. The second-order valence-electron chi connectivity index (χ2n) is 3.35. The van der Waals surface area contributed by atoms with Crippen molar-refractivity contribution >= 4 is 22.6 Å². The van der Waals surface area contributed by atoms with Crippen LogP contribution in [0.4, 0.5) is 4.39 Å². The first kappa shape index (κ1) is 12.9. The van der Waals surface area contributed by atoms with Crippen LogP contribution in [-0.2, 0) is 4.74 Å². The Balaban J connectivity index is 2.61. The van der Waals surface area contributed by atoms with Crippen molar-refractivity contribution in [3.8, 4) is 0 Å². The van der Waals surface area contributed by atoms with E-state index < -0.39 is 0 Å². The largest absolute Gasteiger partial charge is 0.379 e. The van der Waals surface area contributed by atoms with Crippen molar-refractivity contribution in [3.05, 3.63) is 33.1 Å². The summed E-state index contributed by atoms with van der Waals surface area (Å²) in [6, 6.07) is 4.45. The van der Waals surface area contributed by atoms with E-state index in [4.69, 9.17) is 10.5 Å². The minimum atomic E-state index is -0.232. The lowest BCUT2D eigenvalue weighted by molar-refractivity contribution is 0.121. The fraction of sp³-hybridized carbons (Fsp3) is 0.455. The van der Waals surface area contributed by atoms with Gasteiger partial charge in [-0.1, -0.05) is 13.0 Å². The summed E-state index contributed by atoms with van der Waals surface area (Å²) in [5.41, 5.74) is 6.87. The Labute approximate surface area is 103 Å². The molecule has 4 heteroatoms. The molecule has 0 aromatic heterocycles. The number of ether oxygens (including phenoxy) is 1. The van der Waals surface area contributed by atoms with E-state index >= 15 is 0 Å². The van der Waals surface area contributed by atoms with Crippen molar-refractivity contribution < 1.29 is 9.13 Å². The van der Waals surface area contributed by atoms with Crippen molar-refractivity contribution in [3.63, 3.8) is 0 Å². The maximum absolute atomic E-state index is 12.8. The molecule has 1 rings (SSSR count). The molecule has 0 radical (unpaired) electrons. The van der Waals surface area contributed by atoms with Gasteiger partial charge in [-0.2, -0.15) is 0 Å². The maximum Gasteiger partial charge on any atom is 0.124 e. The van der Waals surface area contributed by atoms with Crippen LogP contribution in [0.3, 0.4) is 0 Å². The minimum Gasteiger partial charge on any atom is -0.379 e. The van der Waals surface area contributed by atoms with Crippen molar-refractivity contribution in [2.75, 3.05) is 13.2 Å². The normalized spacial score (nSPS) is 12.8. The molecule has 15 heavy (non-hydrogen) atoms. The number of rotatable bonds is 5. The van der Waals surface area contributed by atoms with E-state index in [-0.39, 0.29) is 11.9 Å². The third-order valence-corrected chi connectivity index (χ3v) is 2.94. The highest BCUT2D eigenvalue weighted by Gasteiger charge is 2.10. The zero-order chi connectivity index (χ0) is 11.3. The number of halogens is 2. The van der Waals surface area contributed by atoms with Gasteiger partial charge in [-0.05, 0) is 46.7 Å². The third-order valence-electron chi connectivity index (χ3n) is 2.01. The summed E-state index contributed by atoms with van der Waals surface area (Å²) in [5, 5.41) is 0. The highest BCUT2D eigenvalue weighted by atomic mass is 127. The molecule has 0 spiro atoms. The first-order valence-corrected chi connectivity index (χ1v) is 6.01. The van der Waals surface area contributed by atoms with Crippen LogP contribution >= 0.6 is 22.6 Å². The summed E-state index contributed by atoms with van der Waals surface area (Å²) < 4.78 is 19.1. The molecule has 84 valence electrons. The van der Waals surface area contributed by atoms with E-state index in [0.717, 1.165) is 15.6 Å². The van der Waals surface area contributed by atoms with Crippen molar-refractivity contribution in [2.24, 2.45) is 5.73 Å². The summed E-state index contributed by atoms with van der Waals surface area (Å²) in [5.74, 6) is -0.232. The van der Waals surface area contributed by atoms with E-state index in [1.165, 1.54) is 12.1 Å². The predicted octanol–water partition coefficient (Wildman–Crippen LogP) is 2.86. The van der Waals surface area contributed by atoms with Crippen LogP contribution in [0.15, 0.2) is 18.2 Å². The lowest BCUT2D eigenvalue weighted by Gasteiger charge is -2.14. The Morgan fingerprint density at radius 2 is 2.27 bits per heavy atom. The molecular formula is C11H15FINO. The maximum atomic E-state index is 12.8. The van der Waals surface area contributed by atoms with Gasteiger partial charge in [0, 0.05) is 10.2 Å². The molecule has 1 aromatic carbocycles. The SMILES string of the molecule is CCCOCC(N)c1ccc(F)cc1I. The van der Waals surface area contributed by atoms with Crippen LogP contribution in [-0.4, -0.2) is 13.2 Å². The van der Waals surface area contributed by atoms with Crippen molar-refractivity contribution in [2.45, 2.75) is 19.4 Å². The molecule has 0 fully saturated rings. The monoisotopic (exact) mass is 323 g/mol. The second kappa shape index (κ2) is 6.40. The summed E-state index contributed by atoms with van der Waals surface area (Å²) in [7, 11) is 0. The highest BCUT2D eigenvalue weighted by molar-refractivity contribution is 14.1. The average Bonchev–Trinajstić information content (AvgIpc) is 2.17. The topological polar surface area (TPSA) is 35.2 Å². The molecule has 0 bridgehead atoms. The van der Waals surface area contributed by atoms with Gasteiger partial charge in [-0.25, -0.2) is 4.39 Å². The van der Waals surface area contributed by atoms with E-state index in [1.54, 1.807) is 6.07 Å². The van der Waals surface area contributed by atoms with Gasteiger partial charge in [0.1, 0.15) is 5.82 Å². The van der Waals surface area contributed by atoms with Crippen molar-refractivity contribution in [1.29, 1.82) is 0 Å². The molecule has 2 N–H and O–H groups in total. The lowest BCUT2D eigenvalue weighted by atomic mass is 10.1. The Hall–Kier alpha value is -0.200. The molecule has 1 atom stereocenters. The van der Waals surface area contributed by atoms with Crippen LogP contribution in [0.2, 0.25) is 0 Å². The summed E-state index contributed by atoms with van der Waals surface area (Å²) >= 11 is 2.09. The second-order valence-corrected chi connectivity index (χ2v) is 4.51. The van der Waals surface area contributed by atoms with E-state index in [2.05, 4.69) is 22.6 Å². The average molecular weight is 323 g/mol. The smallest absolute Gasteiger partial charge is 0.124 e. The van der Waals surface area contributed by atoms with Crippen LogP contribution in [0, 0.1) is 9.39 Å². The standard InChI is InChI=1S/C11H15FINO/c1-2-5-15-7-11(14)9-4-3-8(12)6-10(9)13/h3-4,6,11H,2,5,7,14H2,1H3. The van der Waals surface area contributed by atoms with Crippen LogP contribution in [0.5, 0.6) is 0 Å².